The molecule has 0 aromatic heterocycles. The van der Waals surface area contributed by atoms with Crippen LogP contribution in [0, 0.1) is 5.92 Å². The highest BCUT2D eigenvalue weighted by Crippen LogP contribution is 2.24. The van der Waals surface area contributed by atoms with Gasteiger partial charge in [0.15, 0.2) is 5.96 Å². The van der Waals surface area contributed by atoms with Crippen LogP contribution in [0.4, 0.5) is 0 Å². The fourth-order valence-electron chi connectivity index (χ4n) is 4.64. The van der Waals surface area contributed by atoms with Crippen LogP contribution in [0.3, 0.4) is 0 Å². The van der Waals surface area contributed by atoms with Crippen molar-refractivity contribution in [3.63, 3.8) is 0 Å². The number of likely N-dealkylation sites (tertiary alicyclic amines) is 1. The second-order valence-electron chi connectivity index (χ2n) is 9.38. The van der Waals surface area contributed by atoms with Crippen molar-refractivity contribution in [3.05, 3.63) is 35.9 Å². The van der Waals surface area contributed by atoms with Crippen LogP contribution in [-0.2, 0) is 4.79 Å². The molecule has 31 heavy (non-hydrogen) atoms. The van der Waals surface area contributed by atoms with Crippen molar-refractivity contribution in [2.75, 3.05) is 40.3 Å². The predicted molar refractivity (Wildman–Crippen MR) is 128 cm³/mol. The maximum absolute atomic E-state index is 12.1. The van der Waals surface area contributed by atoms with Crippen molar-refractivity contribution < 1.29 is 4.79 Å². The van der Waals surface area contributed by atoms with Gasteiger partial charge in [-0.15, -0.1) is 0 Å². The van der Waals surface area contributed by atoms with E-state index in [-0.39, 0.29) is 12.5 Å². The Labute approximate surface area is 188 Å². The minimum Gasteiger partial charge on any atom is -0.356 e. The number of piperidine rings is 1. The van der Waals surface area contributed by atoms with E-state index in [1.165, 1.54) is 37.7 Å². The average Bonchev–Trinajstić information content (AvgIpc) is 2.81. The van der Waals surface area contributed by atoms with E-state index in [0.29, 0.717) is 12.1 Å². The first-order valence-corrected chi connectivity index (χ1v) is 12.1. The van der Waals surface area contributed by atoms with Crippen LogP contribution in [0.25, 0.3) is 0 Å². The summed E-state index contributed by atoms with van der Waals surface area (Å²) in [4.78, 5) is 20.8. The second-order valence-corrected chi connectivity index (χ2v) is 9.38. The third kappa shape index (κ3) is 7.53. The summed E-state index contributed by atoms with van der Waals surface area (Å²) in [5.74, 6) is 1.56. The largest absolute Gasteiger partial charge is 0.356 e. The first-order valence-electron chi connectivity index (χ1n) is 12.1. The van der Waals surface area contributed by atoms with E-state index in [1.807, 2.05) is 0 Å². The lowest BCUT2D eigenvalue weighted by molar-refractivity contribution is -0.127. The summed E-state index contributed by atoms with van der Waals surface area (Å²) in [5, 5.41) is 7.18. The van der Waals surface area contributed by atoms with Crippen LogP contribution in [0.2, 0.25) is 0 Å². The Morgan fingerprint density at radius 1 is 1.10 bits per heavy atom. The van der Waals surface area contributed by atoms with Crippen LogP contribution < -0.4 is 10.6 Å². The van der Waals surface area contributed by atoms with Crippen molar-refractivity contribution in [2.45, 2.75) is 64.0 Å². The Morgan fingerprint density at radius 3 is 2.42 bits per heavy atom. The highest BCUT2D eigenvalue weighted by molar-refractivity contribution is 5.84. The number of hydrogen-bond donors (Lipinski definition) is 2. The molecule has 172 valence electrons. The molecule has 0 spiro atoms. The van der Waals surface area contributed by atoms with Gasteiger partial charge in [0.2, 0.25) is 5.91 Å². The number of rotatable bonds is 7. The lowest BCUT2D eigenvalue weighted by Crippen LogP contribution is -2.50. The van der Waals surface area contributed by atoms with Crippen LogP contribution in [0.1, 0.15) is 63.5 Å². The molecule has 0 radical (unpaired) electrons. The van der Waals surface area contributed by atoms with Crippen molar-refractivity contribution in [2.24, 2.45) is 10.9 Å². The molecular formula is C25H41N5O. The van der Waals surface area contributed by atoms with Gasteiger partial charge >= 0.3 is 0 Å². The maximum atomic E-state index is 12.1. The molecule has 0 bridgehead atoms. The van der Waals surface area contributed by atoms with Gasteiger partial charge in [0.05, 0.1) is 0 Å². The topological polar surface area (TPSA) is 60.0 Å². The van der Waals surface area contributed by atoms with E-state index in [1.54, 1.807) is 19.0 Å². The summed E-state index contributed by atoms with van der Waals surface area (Å²) in [7, 11) is 3.56. The molecule has 6 heteroatoms. The van der Waals surface area contributed by atoms with Gasteiger partial charge in [0, 0.05) is 45.8 Å². The van der Waals surface area contributed by atoms with E-state index in [2.05, 4.69) is 57.8 Å². The van der Waals surface area contributed by atoms with Gasteiger partial charge in [0.1, 0.15) is 6.54 Å². The van der Waals surface area contributed by atoms with E-state index in [4.69, 9.17) is 0 Å². The highest BCUT2D eigenvalue weighted by atomic mass is 16.2. The fraction of sp³-hybridized carbons (Fsp3) is 0.680. The van der Waals surface area contributed by atoms with Crippen molar-refractivity contribution in [3.8, 4) is 0 Å². The van der Waals surface area contributed by atoms with E-state index >= 15 is 0 Å². The summed E-state index contributed by atoms with van der Waals surface area (Å²) in [5.41, 5.74) is 1.38. The predicted octanol–water partition coefficient (Wildman–Crippen LogP) is 3.42. The lowest BCUT2D eigenvalue weighted by atomic mass is 9.89. The number of benzene rings is 1. The van der Waals surface area contributed by atoms with Gasteiger partial charge in [-0.3, -0.25) is 9.69 Å². The molecular weight excluding hydrogens is 386 g/mol. The third-order valence-corrected chi connectivity index (χ3v) is 6.85. The number of amides is 1. The number of nitrogens with zero attached hydrogens (tertiary/aromatic N) is 3. The third-order valence-electron chi connectivity index (χ3n) is 6.85. The molecule has 1 aromatic carbocycles. The fourth-order valence-corrected chi connectivity index (χ4v) is 4.64. The second kappa shape index (κ2) is 12.1. The maximum Gasteiger partial charge on any atom is 0.243 e. The summed E-state index contributed by atoms with van der Waals surface area (Å²) in [6.07, 6.45) is 8.81. The first-order chi connectivity index (χ1) is 15.0. The molecule has 6 nitrogen and oxygen atoms in total. The van der Waals surface area contributed by atoms with Crippen molar-refractivity contribution in [1.82, 2.24) is 20.4 Å². The molecule has 1 aliphatic heterocycles. The van der Waals surface area contributed by atoms with Gasteiger partial charge in [-0.25, -0.2) is 4.99 Å². The average molecular weight is 428 g/mol. The molecule has 1 saturated heterocycles. The minimum atomic E-state index is 0.0327. The van der Waals surface area contributed by atoms with Crippen LogP contribution in [0.5, 0.6) is 0 Å². The minimum absolute atomic E-state index is 0.0327. The number of nitrogens with one attached hydrogen (secondary N) is 2. The molecule has 1 unspecified atom stereocenters. The Hall–Kier alpha value is -2.08. The number of likely N-dealkylation sites (N-methyl/N-ethyl adjacent to an activating group) is 1. The Morgan fingerprint density at radius 2 is 1.77 bits per heavy atom. The lowest BCUT2D eigenvalue weighted by Gasteiger charge is -2.37. The Kier molecular flexibility index (Phi) is 9.19. The Bertz CT molecular complexity index is 691. The first kappa shape index (κ1) is 23.6. The molecule has 1 amide bonds. The molecule has 1 aromatic rings. The number of carbonyl (C=O) groups is 1. The van der Waals surface area contributed by atoms with Gasteiger partial charge in [-0.2, -0.15) is 0 Å². The number of guanidine groups is 1. The van der Waals surface area contributed by atoms with Crippen LogP contribution in [0.15, 0.2) is 35.3 Å². The monoisotopic (exact) mass is 427 g/mol. The molecule has 1 heterocycles. The van der Waals surface area contributed by atoms with Crippen molar-refractivity contribution >= 4 is 11.9 Å². The highest BCUT2D eigenvalue weighted by Gasteiger charge is 2.24. The quantitative estimate of drug-likeness (QED) is 0.517. The molecule has 1 aliphatic carbocycles. The van der Waals surface area contributed by atoms with E-state index in [0.717, 1.165) is 44.4 Å². The normalized spacial score (nSPS) is 20.3. The van der Waals surface area contributed by atoms with Gasteiger partial charge in [-0.05, 0) is 44.1 Å². The van der Waals surface area contributed by atoms with E-state index in [9.17, 15) is 4.79 Å². The van der Waals surface area contributed by atoms with Crippen LogP contribution >= 0.6 is 0 Å². The van der Waals surface area contributed by atoms with Crippen LogP contribution in [-0.4, -0.2) is 68.0 Å². The summed E-state index contributed by atoms with van der Waals surface area (Å²) < 4.78 is 0. The van der Waals surface area contributed by atoms with Gasteiger partial charge < -0.3 is 15.5 Å². The molecule has 3 rings (SSSR count). The SMILES string of the molecule is CC(c1ccccc1)N1CCC(NC(=NCC(=O)N(C)C)NCC2CCCCC2)CC1. The van der Waals surface area contributed by atoms with Gasteiger partial charge in [0.25, 0.3) is 0 Å². The smallest absolute Gasteiger partial charge is 0.243 e. The van der Waals surface area contributed by atoms with Crippen molar-refractivity contribution in [1.29, 1.82) is 0 Å². The molecule has 2 aliphatic rings. The summed E-state index contributed by atoms with van der Waals surface area (Å²) in [6, 6.07) is 11.6. The number of carbonyl (C=O) groups excluding carboxylic acids is 1. The standard InChI is InChI=1S/C25H41N5O/c1-20(22-12-8-5-9-13-22)30-16-14-23(15-17-30)28-25(27-19-24(31)29(2)3)26-18-21-10-6-4-7-11-21/h5,8-9,12-13,20-21,23H,4,6-7,10-11,14-19H2,1-3H3,(H2,26,27,28). The zero-order chi connectivity index (χ0) is 22.1. The number of hydrogen-bond acceptors (Lipinski definition) is 3. The molecule has 1 atom stereocenters. The summed E-state index contributed by atoms with van der Waals surface area (Å²) in [6.45, 7) is 5.58. The zero-order valence-electron chi connectivity index (χ0n) is 19.6. The number of aliphatic imine (C=N–C) groups is 1. The molecule has 1 saturated carbocycles. The van der Waals surface area contributed by atoms with E-state index < -0.39 is 0 Å². The Balaban J connectivity index is 1.52. The molecule has 2 N–H and O–H groups in total. The summed E-state index contributed by atoms with van der Waals surface area (Å²) >= 11 is 0. The van der Waals surface area contributed by atoms with Gasteiger partial charge in [-0.1, -0.05) is 49.6 Å². The zero-order valence-corrected chi connectivity index (χ0v) is 19.6. The molecule has 2 fully saturated rings.